The standard InChI is InChI=1S/C7H11NS2.Cu/c1-5-4-7(2,3)10-6(9)8-5;/h4H,1-3H3,(H,8,9);/q;+1/p-1. The van der Waals surface area contributed by atoms with Gasteiger partial charge in [0.1, 0.15) is 0 Å². The first-order valence-corrected chi connectivity index (χ1v) is 4.36. The van der Waals surface area contributed by atoms with Gasteiger partial charge < -0.3 is 12.6 Å². The van der Waals surface area contributed by atoms with Crippen molar-refractivity contribution < 1.29 is 17.1 Å². The summed E-state index contributed by atoms with van der Waals surface area (Å²) in [5, 5.41) is 0. The summed E-state index contributed by atoms with van der Waals surface area (Å²) >= 11 is 6.62. The van der Waals surface area contributed by atoms with E-state index in [4.69, 9.17) is 12.6 Å². The molecule has 0 bridgehead atoms. The van der Waals surface area contributed by atoms with Gasteiger partial charge in [0, 0.05) is 10.4 Å². The molecule has 0 saturated heterocycles. The Morgan fingerprint density at radius 2 is 2.09 bits per heavy atom. The Balaban J connectivity index is 0.000001000. The third kappa shape index (κ3) is 3.61. The number of aliphatic imine (C=N–C) groups is 1. The van der Waals surface area contributed by atoms with Crippen molar-refractivity contribution in [3.05, 3.63) is 11.8 Å². The minimum Gasteiger partial charge on any atom is -0.753 e. The van der Waals surface area contributed by atoms with Gasteiger partial charge in [-0.25, -0.2) is 0 Å². The molecule has 1 aliphatic rings. The molecule has 0 unspecified atom stereocenters. The first kappa shape index (κ1) is 11.5. The summed E-state index contributed by atoms with van der Waals surface area (Å²) < 4.78 is 0.896. The van der Waals surface area contributed by atoms with Crippen LogP contribution in [0.1, 0.15) is 20.8 Å². The summed E-state index contributed by atoms with van der Waals surface area (Å²) in [6, 6.07) is 0. The molecule has 0 spiro atoms. The molecule has 0 fully saturated rings. The molecule has 0 atom stereocenters. The Morgan fingerprint density at radius 3 is 2.45 bits per heavy atom. The Labute approximate surface area is 88.0 Å². The van der Waals surface area contributed by atoms with Gasteiger partial charge in [-0.3, -0.25) is 4.99 Å². The third-order valence-electron chi connectivity index (χ3n) is 1.17. The van der Waals surface area contributed by atoms with Gasteiger partial charge in [0.2, 0.25) is 0 Å². The number of nitrogens with zero attached hydrogens (tertiary/aromatic N) is 1. The molecule has 4 heteroatoms. The van der Waals surface area contributed by atoms with Crippen LogP contribution < -0.4 is 0 Å². The molecule has 11 heavy (non-hydrogen) atoms. The van der Waals surface area contributed by atoms with Gasteiger partial charge in [-0.2, -0.15) is 0 Å². The summed E-state index contributed by atoms with van der Waals surface area (Å²) in [6.07, 6.45) is 2.13. The van der Waals surface area contributed by atoms with Crippen molar-refractivity contribution in [1.82, 2.24) is 0 Å². The average Bonchev–Trinajstić information content (AvgIpc) is 1.54. The number of hydrogen-bond acceptors (Lipinski definition) is 3. The molecular formula is C7H10CuNS2. The molecule has 1 aliphatic heterocycles. The monoisotopic (exact) mass is 235 g/mol. The summed E-state index contributed by atoms with van der Waals surface area (Å²) in [5.41, 5.74) is 1.04. The topological polar surface area (TPSA) is 12.4 Å². The first-order valence-electron chi connectivity index (χ1n) is 3.14. The third-order valence-corrected chi connectivity index (χ3v) is 2.43. The van der Waals surface area contributed by atoms with Crippen molar-refractivity contribution in [1.29, 1.82) is 0 Å². The molecule has 0 saturated carbocycles. The molecule has 0 radical (unpaired) electrons. The fourth-order valence-corrected chi connectivity index (χ4v) is 2.61. The normalized spacial score (nSPS) is 21.4. The summed E-state index contributed by atoms with van der Waals surface area (Å²) in [5.74, 6) is 0. The van der Waals surface area contributed by atoms with Crippen molar-refractivity contribution in [3.8, 4) is 0 Å². The van der Waals surface area contributed by atoms with Crippen LogP contribution >= 0.6 is 11.8 Å². The van der Waals surface area contributed by atoms with E-state index < -0.39 is 0 Å². The maximum atomic E-state index is 4.99. The molecule has 1 heterocycles. The van der Waals surface area contributed by atoms with E-state index >= 15 is 0 Å². The van der Waals surface area contributed by atoms with Crippen molar-refractivity contribution in [2.45, 2.75) is 25.5 Å². The Kier molecular flexibility index (Phi) is 4.12. The van der Waals surface area contributed by atoms with Crippen LogP contribution in [0.25, 0.3) is 0 Å². The van der Waals surface area contributed by atoms with Crippen molar-refractivity contribution in [3.63, 3.8) is 0 Å². The SMILES string of the molecule is CC1=CC(C)(C)SC([S-])=N1.[Cu+]. The van der Waals surface area contributed by atoms with Gasteiger partial charge in [0.25, 0.3) is 0 Å². The predicted octanol–water partition coefficient (Wildman–Crippen LogP) is 2.32. The van der Waals surface area contributed by atoms with E-state index in [1.807, 2.05) is 6.92 Å². The van der Waals surface area contributed by atoms with Crippen LogP contribution in [0.5, 0.6) is 0 Å². The van der Waals surface area contributed by atoms with E-state index in [-0.39, 0.29) is 21.8 Å². The molecule has 0 N–H and O–H groups in total. The van der Waals surface area contributed by atoms with Gasteiger partial charge in [-0.15, -0.1) is 11.8 Å². The Hall–Kier alpha value is 0.499. The smallest absolute Gasteiger partial charge is 0.753 e. The van der Waals surface area contributed by atoms with E-state index in [9.17, 15) is 0 Å². The van der Waals surface area contributed by atoms with Gasteiger partial charge in [0.05, 0.1) is 0 Å². The number of allylic oxidation sites excluding steroid dienone is 1. The maximum absolute atomic E-state index is 4.99. The second-order valence-corrected chi connectivity index (χ2v) is 5.16. The van der Waals surface area contributed by atoms with E-state index in [0.29, 0.717) is 0 Å². The first-order chi connectivity index (χ1) is 4.49. The minimum absolute atomic E-state index is 0. The molecule has 1 nitrogen and oxygen atoms in total. The van der Waals surface area contributed by atoms with E-state index in [2.05, 4.69) is 24.9 Å². The van der Waals surface area contributed by atoms with Gasteiger partial charge in [-0.1, -0.05) is 0 Å². The molecule has 0 aromatic rings. The van der Waals surface area contributed by atoms with E-state index in [1.54, 1.807) is 11.8 Å². The van der Waals surface area contributed by atoms with Crippen LogP contribution in [0.2, 0.25) is 0 Å². The molecule has 0 aromatic heterocycles. The van der Waals surface area contributed by atoms with Crippen LogP contribution in [-0.2, 0) is 29.7 Å². The zero-order valence-electron chi connectivity index (χ0n) is 6.64. The fourth-order valence-electron chi connectivity index (χ4n) is 0.957. The van der Waals surface area contributed by atoms with Gasteiger partial charge in [-0.05, 0) is 31.2 Å². The minimum atomic E-state index is 0. The van der Waals surface area contributed by atoms with Gasteiger partial charge in [0.15, 0.2) is 0 Å². The maximum Gasteiger partial charge on any atom is 1.00 e. The predicted molar refractivity (Wildman–Crippen MR) is 50.2 cm³/mol. The number of rotatable bonds is 0. The van der Waals surface area contributed by atoms with Crippen LogP contribution in [0, 0.1) is 0 Å². The van der Waals surface area contributed by atoms with Crippen LogP contribution in [0.15, 0.2) is 16.8 Å². The second kappa shape index (κ2) is 3.94. The number of thioether (sulfide) groups is 1. The zero-order valence-corrected chi connectivity index (χ0v) is 9.22. The van der Waals surface area contributed by atoms with Crippen LogP contribution in [0.4, 0.5) is 0 Å². The van der Waals surface area contributed by atoms with Crippen LogP contribution in [0.3, 0.4) is 0 Å². The molecule has 0 amide bonds. The fraction of sp³-hybridized carbons (Fsp3) is 0.571. The molecule has 0 aliphatic carbocycles. The summed E-state index contributed by atoms with van der Waals surface area (Å²) in [4.78, 5) is 4.13. The average molecular weight is 236 g/mol. The molecule has 1 rings (SSSR count). The Morgan fingerprint density at radius 1 is 1.55 bits per heavy atom. The van der Waals surface area contributed by atoms with Crippen molar-refractivity contribution in [2.24, 2.45) is 4.99 Å². The van der Waals surface area contributed by atoms with E-state index in [0.717, 1.165) is 10.1 Å². The largest absolute Gasteiger partial charge is 1.00 e. The van der Waals surface area contributed by atoms with Gasteiger partial charge >= 0.3 is 17.1 Å². The second-order valence-electron chi connectivity index (χ2n) is 2.87. The number of hydrogen-bond donors (Lipinski definition) is 0. The van der Waals surface area contributed by atoms with Crippen molar-refractivity contribution >= 4 is 28.8 Å². The Bertz CT molecular complexity index is 208. The summed E-state index contributed by atoms with van der Waals surface area (Å²) in [7, 11) is 0. The van der Waals surface area contributed by atoms with Crippen molar-refractivity contribution in [2.75, 3.05) is 0 Å². The molecular weight excluding hydrogens is 226 g/mol. The van der Waals surface area contributed by atoms with E-state index in [1.165, 1.54) is 0 Å². The molecule has 66 valence electrons. The van der Waals surface area contributed by atoms with Crippen LogP contribution in [-0.4, -0.2) is 9.12 Å². The quantitative estimate of drug-likeness (QED) is 0.472. The summed E-state index contributed by atoms with van der Waals surface area (Å²) in [6.45, 7) is 6.26. The zero-order chi connectivity index (χ0) is 7.78. The molecule has 0 aromatic carbocycles.